The molecule has 0 unspecified atom stereocenters. The molecule has 0 saturated heterocycles. The van der Waals surface area contributed by atoms with E-state index >= 15 is 0 Å². The first-order valence-corrected chi connectivity index (χ1v) is 8.13. The van der Waals surface area contributed by atoms with Crippen molar-refractivity contribution in [1.29, 1.82) is 0 Å². The topological polar surface area (TPSA) is 83.1 Å². The molecule has 0 spiro atoms. The van der Waals surface area contributed by atoms with E-state index in [-0.39, 0.29) is 6.61 Å². The van der Waals surface area contributed by atoms with Gasteiger partial charge in [0.2, 0.25) is 0 Å². The van der Waals surface area contributed by atoms with Crippen molar-refractivity contribution >= 4 is 0 Å². The number of aliphatic hydroxyl groups excluding tert-OH is 3. The second kappa shape index (κ2) is 9.25. The Morgan fingerprint density at radius 3 is 2.48 bits per heavy atom. The van der Waals surface area contributed by atoms with Gasteiger partial charge in [-0.3, -0.25) is 0 Å². The highest BCUT2D eigenvalue weighted by Crippen LogP contribution is 2.23. The fraction of sp³-hybridized carbons (Fsp3) is 0.350. The molecule has 0 aliphatic rings. The average Bonchev–Trinajstić information content (AvgIpc) is 3.11. The van der Waals surface area contributed by atoms with Crippen molar-refractivity contribution in [2.24, 2.45) is 0 Å². The summed E-state index contributed by atoms with van der Waals surface area (Å²) in [4.78, 5) is 0. The van der Waals surface area contributed by atoms with Crippen molar-refractivity contribution < 1.29 is 24.5 Å². The SMILES string of the molecule is COc1ccc([C@H](O)CC(C)=C=CC[C@@H](O)c2ccc(CO)o2)cc1. The molecular weight excluding hydrogens is 320 g/mol. The number of benzene rings is 1. The first-order valence-electron chi connectivity index (χ1n) is 8.13. The van der Waals surface area contributed by atoms with Crippen LogP contribution in [-0.2, 0) is 6.61 Å². The Labute approximate surface area is 147 Å². The highest BCUT2D eigenvalue weighted by atomic mass is 16.5. The Morgan fingerprint density at radius 1 is 1.16 bits per heavy atom. The van der Waals surface area contributed by atoms with Crippen molar-refractivity contribution in [2.45, 2.75) is 38.6 Å². The van der Waals surface area contributed by atoms with Crippen molar-refractivity contribution in [1.82, 2.24) is 0 Å². The van der Waals surface area contributed by atoms with Gasteiger partial charge in [-0.2, -0.15) is 0 Å². The Bertz CT molecular complexity index is 723. The van der Waals surface area contributed by atoms with E-state index in [0.717, 1.165) is 16.9 Å². The van der Waals surface area contributed by atoms with Crippen LogP contribution in [-0.4, -0.2) is 22.4 Å². The van der Waals surface area contributed by atoms with Crippen LogP contribution >= 0.6 is 0 Å². The van der Waals surface area contributed by atoms with Crippen LogP contribution < -0.4 is 4.74 Å². The van der Waals surface area contributed by atoms with E-state index in [1.165, 1.54) is 0 Å². The van der Waals surface area contributed by atoms with Crippen molar-refractivity contribution in [3.05, 3.63) is 70.9 Å². The molecule has 0 radical (unpaired) electrons. The van der Waals surface area contributed by atoms with Crippen LogP contribution in [0.15, 0.2) is 58.2 Å². The summed E-state index contributed by atoms with van der Waals surface area (Å²) < 4.78 is 10.4. The van der Waals surface area contributed by atoms with Gasteiger partial charge in [-0.1, -0.05) is 12.1 Å². The Kier molecular flexibility index (Phi) is 7.04. The molecule has 134 valence electrons. The summed E-state index contributed by atoms with van der Waals surface area (Å²) in [6.45, 7) is 1.69. The van der Waals surface area contributed by atoms with Crippen LogP contribution in [0.2, 0.25) is 0 Å². The minimum absolute atomic E-state index is 0.190. The smallest absolute Gasteiger partial charge is 0.133 e. The molecule has 5 nitrogen and oxygen atoms in total. The molecule has 0 fully saturated rings. The number of furan rings is 1. The third-order valence-electron chi connectivity index (χ3n) is 3.86. The van der Waals surface area contributed by atoms with Crippen LogP contribution in [0, 0.1) is 0 Å². The summed E-state index contributed by atoms with van der Waals surface area (Å²) in [5.74, 6) is 1.59. The molecule has 0 aliphatic heterocycles. The lowest BCUT2D eigenvalue weighted by Gasteiger charge is -2.11. The predicted molar refractivity (Wildman–Crippen MR) is 94.0 cm³/mol. The molecule has 1 aromatic carbocycles. The molecule has 0 saturated carbocycles. The van der Waals surface area contributed by atoms with Gasteiger partial charge in [-0.05, 0) is 48.4 Å². The third kappa shape index (κ3) is 5.62. The van der Waals surface area contributed by atoms with Gasteiger partial charge in [0.1, 0.15) is 30.0 Å². The largest absolute Gasteiger partial charge is 0.497 e. The second-order valence-electron chi connectivity index (χ2n) is 5.84. The molecule has 0 aliphatic carbocycles. The fourth-order valence-corrected chi connectivity index (χ4v) is 2.41. The molecule has 0 amide bonds. The van der Waals surface area contributed by atoms with Crippen molar-refractivity contribution in [2.75, 3.05) is 7.11 Å². The summed E-state index contributed by atoms with van der Waals surface area (Å²) >= 11 is 0. The molecule has 2 rings (SSSR count). The van der Waals surface area contributed by atoms with Gasteiger partial charge in [-0.15, -0.1) is 5.73 Å². The van der Waals surface area contributed by atoms with Crippen LogP contribution in [0.4, 0.5) is 0 Å². The van der Waals surface area contributed by atoms with E-state index in [0.29, 0.717) is 24.4 Å². The standard InChI is InChI=1S/C20H24O5/c1-14(12-19(23)15-6-8-16(24-2)9-7-15)4-3-5-18(22)20-11-10-17(13-21)25-20/h3,6-11,18-19,21-23H,5,12-13H2,1-2H3/t4?,18-,19-/m1/s1. The molecule has 3 N–H and O–H groups in total. The highest BCUT2D eigenvalue weighted by Gasteiger charge is 2.11. The van der Waals surface area contributed by atoms with Gasteiger partial charge in [0.05, 0.1) is 13.2 Å². The molecular formula is C20H24O5. The number of hydrogen-bond acceptors (Lipinski definition) is 5. The fourth-order valence-electron chi connectivity index (χ4n) is 2.41. The van der Waals surface area contributed by atoms with Gasteiger partial charge in [0.25, 0.3) is 0 Å². The van der Waals surface area contributed by atoms with E-state index in [1.807, 2.05) is 31.2 Å². The number of ether oxygens (including phenoxy) is 1. The molecule has 25 heavy (non-hydrogen) atoms. The maximum absolute atomic E-state index is 10.3. The average molecular weight is 344 g/mol. The van der Waals surface area contributed by atoms with Crippen LogP contribution in [0.25, 0.3) is 0 Å². The van der Waals surface area contributed by atoms with E-state index in [4.69, 9.17) is 14.3 Å². The number of rotatable bonds is 8. The summed E-state index contributed by atoms with van der Waals surface area (Å²) in [5.41, 5.74) is 4.78. The number of hydrogen-bond donors (Lipinski definition) is 3. The summed E-state index contributed by atoms with van der Waals surface area (Å²) in [6.07, 6.45) is 1.12. The zero-order chi connectivity index (χ0) is 18.2. The van der Waals surface area contributed by atoms with Gasteiger partial charge >= 0.3 is 0 Å². The summed E-state index contributed by atoms with van der Waals surface area (Å²) in [5, 5.41) is 29.3. The molecule has 2 aromatic rings. The van der Waals surface area contributed by atoms with Crippen molar-refractivity contribution in [3.63, 3.8) is 0 Å². The molecule has 2 atom stereocenters. The minimum atomic E-state index is -0.785. The van der Waals surface area contributed by atoms with Crippen LogP contribution in [0.1, 0.15) is 49.1 Å². The van der Waals surface area contributed by atoms with E-state index in [2.05, 4.69) is 5.73 Å². The molecule has 5 heteroatoms. The monoisotopic (exact) mass is 344 g/mol. The van der Waals surface area contributed by atoms with Gasteiger partial charge < -0.3 is 24.5 Å². The van der Waals surface area contributed by atoms with Gasteiger partial charge in [-0.25, -0.2) is 0 Å². The summed E-state index contributed by atoms with van der Waals surface area (Å²) in [7, 11) is 1.60. The first-order chi connectivity index (χ1) is 12.0. The normalized spacial score (nSPS) is 13.0. The van der Waals surface area contributed by atoms with Gasteiger partial charge in [0.15, 0.2) is 0 Å². The quantitative estimate of drug-likeness (QED) is 0.639. The Balaban J connectivity index is 1.91. The highest BCUT2D eigenvalue weighted by molar-refractivity contribution is 5.29. The zero-order valence-electron chi connectivity index (χ0n) is 14.5. The lowest BCUT2D eigenvalue weighted by molar-refractivity contribution is 0.145. The lowest BCUT2D eigenvalue weighted by Crippen LogP contribution is -1.98. The van der Waals surface area contributed by atoms with E-state index in [9.17, 15) is 10.2 Å². The number of methoxy groups -OCH3 is 1. The predicted octanol–water partition coefficient (Wildman–Crippen LogP) is 3.43. The maximum Gasteiger partial charge on any atom is 0.133 e. The molecule has 1 heterocycles. The van der Waals surface area contributed by atoms with Crippen molar-refractivity contribution in [3.8, 4) is 5.75 Å². The molecule has 1 aromatic heterocycles. The summed E-state index contributed by atoms with van der Waals surface area (Å²) in [6, 6.07) is 10.6. The van der Waals surface area contributed by atoms with E-state index < -0.39 is 12.2 Å². The Hall–Kier alpha value is -2.30. The maximum atomic E-state index is 10.3. The third-order valence-corrected chi connectivity index (χ3v) is 3.86. The Morgan fingerprint density at radius 2 is 1.88 bits per heavy atom. The van der Waals surface area contributed by atoms with Crippen LogP contribution in [0.5, 0.6) is 5.75 Å². The van der Waals surface area contributed by atoms with E-state index in [1.54, 1.807) is 25.3 Å². The number of aliphatic hydroxyl groups is 3. The van der Waals surface area contributed by atoms with Crippen LogP contribution in [0.3, 0.4) is 0 Å². The second-order valence-corrected chi connectivity index (χ2v) is 5.84. The minimum Gasteiger partial charge on any atom is -0.497 e. The van der Waals surface area contributed by atoms with Gasteiger partial charge in [0, 0.05) is 12.8 Å². The zero-order valence-corrected chi connectivity index (χ0v) is 14.5. The molecule has 0 bridgehead atoms. The lowest BCUT2D eigenvalue weighted by atomic mass is 10.0. The first kappa shape index (κ1) is 19.0.